The quantitative estimate of drug-likeness (QED) is 0.304. The fraction of sp³-hybridized carbons (Fsp3) is 0.333. The highest BCUT2D eigenvalue weighted by atomic mass is 35.5. The first kappa shape index (κ1) is 27.1. The lowest BCUT2D eigenvalue weighted by Crippen LogP contribution is -2.24. The summed E-state index contributed by atoms with van der Waals surface area (Å²) in [6.07, 6.45) is 5.58. The molecule has 4 aromatic rings. The molecule has 0 amide bonds. The zero-order valence-electron chi connectivity index (χ0n) is 21.7. The van der Waals surface area contributed by atoms with Crippen molar-refractivity contribution in [1.29, 1.82) is 0 Å². The van der Waals surface area contributed by atoms with Gasteiger partial charge in [0.25, 0.3) is 5.56 Å². The third-order valence-electron chi connectivity index (χ3n) is 6.93. The van der Waals surface area contributed by atoms with Gasteiger partial charge in [0.2, 0.25) is 0 Å². The van der Waals surface area contributed by atoms with Crippen molar-refractivity contribution in [2.75, 3.05) is 6.26 Å². The highest BCUT2D eigenvalue weighted by Crippen LogP contribution is 2.55. The van der Waals surface area contributed by atoms with Crippen LogP contribution in [-0.4, -0.2) is 39.2 Å². The summed E-state index contributed by atoms with van der Waals surface area (Å²) in [6, 6.07) is 5.41. The van der Waals surface area contributed by atoms with Crippen LogP contribution in [-0.2, 0) is 16.4 Å². The Balaban J connectivity index is 1.58. The third-order valence-corrected chi connectivity index (χ3v) is 8.42. The maximum atomic E-state index is 16.0. The van der Waals surface area contributed by atoms with Crippen LogP contribution in [0.1, 0.15) is 54.1 Å². The van der Waals surface area contributed by atoms with E-state index in [4.69, 9.17) is 11.6 Å². The molecule has 0 spiro atoms. The van der Waals surface area contributed by atoms with E-state index in [1.807, 2.05) is 6.92 Å². The smallest absolute Gasteiger partial charge is 0.274 e. The van der Waals surface area contributed by atoms with Crippen molar-refractivity contribution in [3.63, 3.8) is 0 Å². The Morgan fingerprint density at radius 2 is 1.87 bits per heavy atom. The predicted molar refractivity (Wildman–Crippen MR) is 143 cm³/mol. The van der Waals surface area contributed by atoms with Gasteiger partial charge in [-0.1, -0.05) is 24.6 Å². The minimum absolute atomic E-state index is 0.0166. The Morgan fingerprint density at radius 1 is 1.13 bits per heavy atom. The molecule has 1 aromatic carbocycles. The lowest BCUT2D eigenvalue weighted by molar-refractivity contribution is 0.524. The highest BCUT2D eigenvalue weighted by molar-refractivity contribution is 7.90. The number of aryl methyl sites for hydroxylation is 3. The number of hydrogen-bond acceptors (Lipinski definition) is 6. The summed E-state index contributed by atoms with van der Waals surface area (Å²) in [5.74, 6) is -2.02. The maximum absolute atomic E-state index is 16.0. The summed E-state index contributed by atoms with van der Waals surface area (Å²) < 4.78 is 56.4. The van der Waals surface area contributed by atoms with Crippen LogP contribution in [0.2, 0.25) is 5.02 Å². The van der Waals surface area contributed by atoms with Gasteiger partial charge in [-0.2, -0.15) is 15.0 Å². The van der Waals surface area contributed by atoms with Gasteiger partial charge in [0.15, 0.2) is 21.5 Å². The molecule has 204 valence electrons. The fourth-order valence-corrected chi connectivity index (χ4v) is 5.98. The van der Waals surface area contributed by atoms with Gasteiger partial charge in [0.05, 0.1) is 24.1 Å². The van der Waals surface area contributed by atoms with E-state index < -0.39 is 37.6 Å². The van der Waals surface area contributed by atoms with E-state index in [0.29, 0.717) is 23.4 Å². The van der Waals surface area contributed by atoms with Crippen molar-refractivity contribution in [2.24, 2.45) is 0 Å². The number of aromatic nitrogens is 5. The van der Waals surface area contributed by atoms with Crippen molar-refractivity contribution < 1.29 is 17.2 Å². The van der Waals surface area contributed by atoms with Crippen LogP contribution in [0, 0.1) is 25.5 Å². The Kier molecular flexibility index (Phi) is 6.92. The topological polar surface area (TPSA) is 99.7 Å². The Hall–Kier alpha value is -3.44. The molecule has 0 radical (unpaired) electrons. The van der Waals surface area contributed by atoms with Crippen molar-refractivity contribution in [3.05, 3.63) is 86.2 Å². The third kappa shape index (κ3) is 4.78. The molecule has 0 aliphatic heterocycles. The summed E-state index contributed by atoms with van der Waals surface area (Å²) in [4.78, 5) is 18.7. The van der Waals surface area contributed by atoms with E-state index in [1.54, 1.807) is 30.9 Å². The van der Waals surface area contributed by atoms with E-state index in [2.05, 4.69) is 15.2 Å². The van der Waals surface area contributed by atoms with Gasteiger partial charge in [0.1, 0.15) is 15.6 Å². The monoisotopic (exact) mass is 573 g/mol. The zero-order chi connectivity index (χ0) is 28.2. The van der Waals surface area contributed by atoms with Gasteiger partial charge < -0.3 is 0 Å². The van der Waals surface area contributed by atoms with Crippen molar-refractivity contribution in [2.45, 2.75) is 56.9 Å². The summed E-state index contributed by atoms with van der Waals surface area (Å²) in [7, 11) is -3.91. The molecule has 1 saturated carbocycles. The molecule has 12 heteroatoms. The Morgan fingerprint density at radius 3 is 2.56 bits per heavy atom. The average Bonchev–Trinajstić information content (AvgIpc) is 3.53. The van der Waals surface area contributed by atoms with Crippen LogP contribution < -0.4 is 5.56 Å². The first-order valence-corrected chi connectivity index (χ1v) is 14.7. The largest absolute Gasteiger partial charge is 0.277 e. The maximum Gasteiger partial charge on any atom is 0.274 e. The molecule has 39 heavy (non-hydrogen) atoms. The number of pyridine rings is 2. The highest BCUT2D eigenvalue weighted by Gasteiger charge is 2.43. The fourth-order valence-electron chi connectivity index (χ4n) is 4.94. The van der Waals surface area contributed by atoms with Crippen molar-refractivity contribution >= 4 is 21.4 Å². The number of benzene rings is 1. The number of halogens is 3. The summed E-state index contributed by atoms with van der Waals surface area (Å²) in [5, 5.41) is 8.77. The van der Waals surface area contributed by atoms with Gasteiger partial charge in [-0.3, -0.25) is 14.3 Å². The molecule has 0 bridgehead atoms. The van der Waals surface area contributed by atoms with E-state index in [-0.39, 0.29) is 28.1 Å². The van der Waals surface area contributed by atoms with Gasteiger partial charge in [-0.15, -0.1) is 0 Å². The molecule has 3 heterocycles. The SMILES string of the molecule is CCCn1ncc(C2C[C@H]2c2cc(C)n(-c3c(C)cnc(-c4cccc(S(C)(=O)=O)c4F)c3F)c(=O)c2Cl)n1. The number of sulfone groups is 1. The van der Waals surface area contributed by atoms with Crippen LogP contribution in [0.4, 0.5) is 8.78 Å². The first-order chi connectivity index (χ1) is 18.4. The normalized spacial score (nSPS) is 17.0. The van der Waals surface area contributed by atoms with E-state index in [0.717, 1.165) is 35.4 Å². The molecular formula is C27H26ClF2N5O3S. The number of nitrogens with zero attached hydrogens (tertiary/aromatic N) is 5. The minimum Gasteiger partial charge on any atom is -0.277 e. The second-order valence-electron chi connectivity index (χ2n) is 9.85. The van der Waals surface area contributed by atoms with E-state index in [9.17, 15) is 13.2 Å². The standard InChI is InChI=1S/C27H26ClF2N5O3S/c1-5-9-34-32-13-20(33-34)18-11-17(18)19-10-15(3)35(27(36)22(19)28)26-14(2)12-31-25(24(26)30)16-7-6-8-21(23(16)29)39(4,37)38/h6-8,10,12-13,17-18H,5,9,11H2,1-4H3/t17-,18?/m1/s1. The lowest BCUT2D eigenvalue weighted by Gasteiger charge is -2.18. The Bertz CT molecular complexity index is 1780. The van der Waals surface area contributed by atoms with Crippen LogP contribution in [0.3, 0.4) is 0 Å². The molecule has 1 aliphatic carbocycles. The minimum atomic E-state index is -3.91. The van der Waals surface area contributed by atoms with Crippen LogP contribution in [0.15, 0.2) is 46.3 Å². The summed E-state index contributed by atoms with van der Waals surface area (Å²) in [6.45, 7) is 6.00. The summed E-state index contributed by atoms with van der Waals surface area (Å²) in [5.41, 5.74) is 0.761. The van der Waals surface area contributed by atoms with Crippen molar-refractivity contribution in [3.8, 4) is 16.9 Å². The van der Waals surface area contributed by atoms with Gasteiger partial charge in [-0.05, 0) is 61.9 Å². The molecule has 0 N–H and O–H groups in total. The zero-order valence-corrected chi connectivity index (χ0v) is 23.3. The number of hydrogen-bond donors (Lipinski definition) is 0. The lowest BCUT2D eigenvalue weighted by atomic mass is 10.1. The Labute approximate surface area is 229 Å². The van der Waals surface area contributed by atoms with Gasteiger partial charge in [-0.25, -0.2) is 17.2 Å². The van der Waals surface area contributed by atoms with Crippen LogP contribution >= 0.6 is 11.6 Å². The molecule has 0 saturated heterocycles. The summed E-state index contributed by atoms with van der Waals surface area (Å²) >= 11 is 6.58. The first-order valence-electron chi connectivity index (χ1n) is 12.4. The molecular weight excluding hydrogens is 548 g/mol. The molecule has 1 aliphatic rings. The molecule has 1 fully saturated rings. The van der Waals surface area contributed by atoms with Crippen molar-refractivity contribution in [1.82, 2.24) is 24.5 Å². The molecule has 3 aromatic heterocycles. The average molecular weight is 574 g/mol. The van der Waals surface area contributed by atoms with Gasteiger partial charge in [0, 0.05) is 29.6 Å². The van der Waals surface area contributed by atoms with E-state index >= 15 is 8.78 Å². The molecule has 8 nitrogen and oxygen atoms in total. The molecule has 5 rings (SSSR count). The second kappa shape index (κ2) is 9.95. The van der Waals surface area contributed by atoms with E-state index in [1.165, 1.54) is 18.3 Å². The predicted octanol–water partition coefficient (Wildman–Crippen LogP) is 5.12. The molecule has 2 atom stereocenters. The van der Waals surface area contributed by atoms with Crippen LogP contribution in [0.25, 0.3) is 16.9 Å². The van der Waals surface area contributed by atoms with Gasteiger partial charge >= 0.3 is 0 Å². The number of rotatable bonds is 7. The second-order valence-corrected chi connectivity index (χ2v) is 12.2. The van der Waals surface area contributed by atoms with Crippen LogP contribution in [0.5, 0.6) is 0 Å². The molecule has 1 unspecified atom stereocenters.